The van der Waals surface area contributed by atoms with E-state index >= 15 is 0 Å². The van der Waals surface area contributed by atoms with E-state index in [2.05, 4.69) is 27.8 Å². The van der Waals surface area contributed by atoms with Gasteiger partial charge in [0.25, 0.3) is 0 Å². The van der Waals surface area contributed by atoms with Crippen LogP contribution >= 0.6 is 0 Å². The summed E-state index contributed by atoms with van der Waals surface area (Å²) in [5, 5.41) is 0. The minimum atomic E-state index is -0.813. The fourth-order valence-electron chi connectivity index (χ4n) is 3.86. The number of aromatic nitrogens is 2. The number of nitrogens with zero attached hydrogens (tertiary/aromatic N) is 3. The fourth-order valence-corrected chi connectivity index (χ4v) is 3.86. The van der Waals surface area contributed by atoms with Gasteiger partial charge in [-0.15, -0.1) is 6.42 Å². The lowest BCUT2D eigenvalue weighted by Crippen LogP contribution is -2.35. The van der Waals surface area contributed by atoms with Gasteiger partial charge in [-0.25, -0.2) is 4.98 Å². The second-order valence-corrected chi connectivity index (χ2v) is 9.02. The molecule has 8 heteroatoms. The molecule has 0 radical (unpaired) electrons. The number of ether oxygens (including phenoxy) is 2. The zero-order valence-electron chi connectivity index (χ0n) is 20.3. The Hall–Kier alpha value is -2.53. The summed E-state index contributed by atoms with van der Waals surface area (Å²) in [5.41, 5.74) is 5.78. The second-order valence-electron chi connectivity index (χ2n) is 9.02. The summed E-state index contributed by atoms with van der Waals surface area (Å²) in [5.74, 6) is 3.09. The van der Waals surface area contributed by atoms with Crippen LogP contribution in [0.25, 0.3) is 0 Å². The molecule has 2 fully saturated rings. The molecule has 1 aliphatic carbocycles. The normalized spacial score (nSPS) is 24.1. The van der Waals surface area contributed by atoms with Crippen LogP contribution in [0.15, 0.2) is 4.99 Å². The van der Waals surface area contributed by atoms with Crippen molar-refractivity contribution in [3.05, 3.63) is 11.8 Å². The van der Waals surface area contributed by atoms with Crippen molar-refractivity contribution in [3.63, 3.8) is 0 Å². The average Bonchev–Trinajstić information content (AvgIpc) is 3.19. The molecule has 1 saturated carbocycles. The number of esters is 1. The molecule has 1 aromatic rings. The Kier molecular flexibility index (Phi) is 10.2. The van der Waals surface area contributed by atoms with E-state index in [1.165, 1.54) is 6.42 Å². The SMILES string of the molecule is C#CC1(COC(=O)C2CCCCC2)CCC(C)O1.CCC(C)C=Nc1c(C)nc(F)nc1N. The van der Waals surface area contributed by atoms with E-state index in [1.807, 2.05) is 13.8 Å². The largest absolute Gasteiger partial charge is 0.461 e. The molecular weight excluding hydrogens is 423 g/mol. The Morgan fingerprint density at radius 2 is 2.09 bits per heavy atom. The van der Waals surface area contributed by atoms with Gasteiger partial charge in [-0.1, -0.05) is 39.0 Å². The van der Waals surface area contributed by atoms with Crippen LogP contribution in [0.3, 0.4) is 0 Å². The molecule has 3 atom stereocenters. The van der Waals surface area contributed by atoms with Crippen molar-refractivity contribution < 1.29 is 18.7 Å². The molecule has 3 unspecified atom stereocenters. The first-order valence-corrected chi connectivity index (χ1v) is 11.9. The van der Waals surface area contributed by atoms with Crippen molar-refractivity contribution in [3.8, 4) is 12.3 Å². The van der Waals surface area contributed by atoms with Gasteiger partial charge in [-0.05, 0) is 51.9 Å². The van der Waals surface area contributed by atoms with E-state index in [-0.39, 0.29) is 30.4 Å². The molecule has 0 amide bonds. The smallest absolute Gasteiger partial charge is 0.310 e. The first kappa shape index (κ1) is 26.7. The van der Waals surface area contributed by atoms with Crippen LogP contribution in [0.4, 0.5) is 15.9 Å². The highest BCUT2D eigenvalue weighted by Crippen LogP contribution is 2.31. The van der Waals surface area contributed by atoms with Crippen LogP contribution in [0, 0.1) is 37.2 Å². The van der Waals surface area contributed by atoms with E-state index in [0.29, 0.717) is 17.3 Å². The Bertz CT molecular complexity index is 841. The Balaban J connectivity index is 0.000000238. The van der Waals surface area contributed by atoms with E-state index in [9.17, 15) is 9.18 Å². The average molecular weight is 461 g/mol. The lowest BCUT2D eigenvalue weighted by molar-refractivity contribution is -0.156. The van der Waals surface area contributed by atoms with Crippen LogP contribution in [-0.4, -0.2) is 40.5 Å². The molecule has 0 spiro atoms. The van der Waals surface area contributed by atoms with Crippen molar-refractivity contribution in [1.29, 1.82) is 0 Å². The molecule has 0 aromatic carbocycles. The van der Waals surface area contributed by atoms with Crippen LogP contribution in [0.5, 0.6) is 0 Å². The Morgan fingerprint density at radius 3 is 2.64 bits per heavy atom. The van der Waals surface area contributed by atoms with Crippen LogP contribution in [0.2, 0.25) is 0 Å². The third-order valence-corrected chi connectivity index (χ3v) is 6.19. The number of hydrogen-bond acceptors (Lipinski definition) is 7. The standard InChI is InChI=1S/C15H22O3.C10H15FN4/c1-3-15(10-9-12(2)18-15)11-17-14(16)13-7-5-4-6-8-13;1-4-6(2)5-13-8-7(3)14-10(11)15-9(8)12/h1,12-13H,4-11H2,2H3;5-6H,4H2,1-3H3,(H2,12,14,15). The van der Waals surface area contributed by atoms with Crippen LogP contribution in [0.1, 0.15) is 77.8 Å². The van der Waals surface area contributed by atoms with E-state index in [1.54, 1.807) is 13.1 Å². The first-order chi connectivity index (χ1) is 15.7. The zero-order chi connectivity index (χ0) is 24.4. The van der Waals surface area contributed by atoms with Gasteiger partial charge in [0.2, 0.25) is 0 Å². The molecule has 1 saturated heterocycles. The number of nitrogen functional groups attached to an aromatic ring is 1. The number of aryl methyl sites for hydroxylation is 1. The van der Waals surface area contributed by atoms with Gasteiger partial charge >= 0.3 is 12.0 Å². The number of rotatable bonds is 6. The van der Waals surface area contributed by atoms with Gasteiger partial charge in [0.1, 0.15) is 12.3 Å². The number of aliphatic imine (C=N–C) groups is 1. The number of halogens is 1. The number of anilines is 1. The zero-order valence-corrected chi connectivity index (χ0v) is 20.3. The predicted molar refractivity (Wildman–Crippen MR) is 128 cm³/mol. The minimum Gasteiger partial charge on any atom is -0.461 e. The topological polar surface area (TPSA) is 99.7 Å². The predicted octanol–water partition coefficient (Wildman–Crippen LogP) is 4.94. The molecule has 0 bridgehead atoms. The van der Waals surface area contributed by atoms with Gasteiger partial charge in [-0.3, -0.25) is 9.79 Å². The van der Waals surface area contributed by atoms with E-state index < -0.39 is 11.7 Å². The van der Waals surface area contributed by atoms with Gasteiger partial charge in [0.15, 0.2) is 11.4 Å². The molecule has 7 nitrogen and oxygen atoms in total. The summed E-state index contributed by atoms with van der Waals surface area (Å²) in [4.78, 5) is 23.1. The highest BCUT2D eigenvalue weighted by Gasteiger charge is 2.39. The fraction of sp³-hybridized carbons (Fsp3) is 0.680. The highest BCUT2D eigenvalue weighted by molar-refractivity contribution is 5.72. The van der Waals surface area contributed by atoms with Crippen molar-refractivity contribution >= 4 is 23.7 Å². The monoisotopic (exact) mass is 460 g/mol. The number of nitrogens with two attached hydrogens (primary N) is 1. The first-order valence-electron chi connectivity index (χ1n) is 11.9. The summed E-state index contributed by atoms with van der Waals surface area (Å²) in [6.07, 6.45) is 14.8. The van der Waals surface area contributed by atoms with Crippen molar-refractivity contribution in [2.75, 3.05) is 12.3 Å². The molecule has 182 valence electrons. The molecule has 2 heterocycles. The molecule has 2 aliphatic rings. The van der Waals surface area contributed by atoms with Crippen LogP contribution < -0.4 is 5.73 Å². The molecular formula is C25H37FN4O3. The maximum Gasteiger partial charge on any atom is 0.310 e. The van der Waals surface area contributed by atoms with Gasteiger partial charge < -0.3 is 15.2 Å². The van der Waals surface area contributed by atoms with Crippen LogP contribution in [-0.2, 0) is 14.3 Å². The third kappa shape index (κ3) is 8.08. The van der Waals surface area contributed by atoms with Gasteiger partial charge in [0, 0.05) is 6.21 Å². The molecule has 3 rings (SSSR count). The van der Waals surface area contributed by atoms with Crippen molar-refractivity contribution in [2.24, 2.45) is 16.8 Å². The number of terminal acetylenes is 1. The third-order valence-electron chi connectivity index (χ3n) is 6.19. The summed E-state index contributed by atoms with van der Waals surface area (Å²) < 4.78 is 23.8. The quantitative estimate of drug-likeness (QED) is 0.279. The van der Waals surface area contributed by atoms with Crippen molar-refractivity contribution in [2.45, 2.75) is 90.8 Å². The summed E-state index contributed by atoms with van der Waals surface area (Å²) in [7, 11) is 0. The highest BCUT2D eigenvalue weighted by atomic mass is 19.1. The van der Waals surface area contributed by atoms with E-state index in [4.69, 9.17) is 21.6 Å². The summed E-state index contributed by atoms with van der Waals surface area (Å²) in [6, 6.07) is 0. The minimum absolute atomic E-state index is 0.0763. The maximum atomic E-state index is 12.7. The van der Waals surface area contributed by atoms with Gasteiger partial charge in [-0.2, -0.15) is 9.37 Å². The summed E-state index contributed by atoms with van der Waals surface area (Å²) >= 11 is 0. The molecule has 1 aromatic heterocycles. The molecule has 1 aliphatic heterocycles. The van der Waals surface area contributed by atoms with Crippen molar-refractivity contribution in [1.82, 2.24) is 9.97 Å². The van der Waals surface area contributed by atoms with E-state index in [0.717, 1.165) is 44.9 Å². The lowest BCUT2D eigenvalue weighted by Gasteiger charge is -2.25. The Morgan fingerprint density at radius 1 is 1.39 bits per heavy atom. The number of carbonyl (C=O) groups excluding carboxylic acids is 1. The maximum absolute atomic E-state index is 12.7. The number of hydrogen-bond donors (Lipinski definition) is 1. The second kappa shape index (κ2) is 12.6. The van der Waals surface area contributed by atoms with Gasteiger partial charge in [0.05, 0.1) is 17.7 Å². The molecule has 33 heavy (non-hydrogen) atoms. The Labute approximate surface area is 196 Å². The summed E-state index contributed by atoms with van der Waals surface area (Å²) in [6.45, 7) is 7.98. The lowest BCUT2D eigenvalue weighted by atomic mass is 9.89. The number of carbonyl (C=O) groups is 1. The molecule has 2 N–H and O–H groups in total.